The van der Waals surface area contributed by atoms with Gasteiger partial charge >= 0.3 is 0 Å². The second kappa shape index (κ2) is 8.01. The van der Waals surface area contributed by atoms with Gasteiger partial charge in [-0.15, -0.1) is 0 Å². The van der Waals surface area contributed by atoms with Gasteiger partial charge in [-0.1, -0.05) is 19.1 Å². The number of hydrogen-bond acceptors (Lipinski definition) is 5. The van der Waals surface area contributed by atoms with Crippen LogP contribution in [0.1, 0.15) is 37.2 Å². The van der Waals surface area contributed by atoms with Crippen LogP contribution < -0.4 is 16.2 Å². The Morgan fingerprint density at radius 1 is 1.35 bits per heavy atom. The van der Waals surface area contributed by atoms with Gasteiger partial charge in [-0.3, -0.25) is 14.5 Å². The summed E-state index contributed by atoms with van der Waals surface area (Å²) in [4.78, 5) is 33.3. The highest BCUT2D eigenvalue weighted by molar-refractivity contribution is 9.10. The highest BCUT2D eigenvalue weighted by Gasteiger charge is 2.29. The van der Waals surface area contributed by atoms with Crippen LogP contribution in [-0.4, -0.2) is 40.4 Å². The Kier molecular flexibility index (Phi) is 5.73. The average molecular weight is 420 g/mol. The van der Waals surface area contributed by atoms with E-state index in [4.69, 9.17) is 0 Å². The van der Waals surface area contributed by atoms with Crippen LogP contribution in [0.25, 0.3) is 0 Å². The monoisotopic (exact) mass is 419 g/mol. The number of hydrogen-bond donors (Lipinski definition) is 3. The lowest BCUT2D eigenvalue weighted by atomic mass is 10.0. The van der Waals surface area contributed by atoms with Crippen molar-refractivity contribution in [2.24, 2.45) is 0 Å². The minimum absolute atomic E-state index is 0.0389. The average Bonchev–Trinajstić information content (AvgIpc) is 2.64. The summed E-state index contributed by atoms with van der Waals surface area (Å²) in [6, 6.07) is 7.24. The normalized spacial score (nSPS) is 19.0. The number of aromatic amines is 1. The first-order valence-electron chi connectivity index (χ1n) is 8.63. The molecule has 1 aliphatic rings. The van der Waals surface area contributed by atoms with Gasteiger partial charge in [0.2, 0.25) is 5.91 Å². The van der Waals surface area contributed by atoms with E-state index >= 15 is 0 Å². The van der Waals surface area contributed by atoms with E-state index in [0.29, 0.717) is 16.8 Å². The largest absolute Gasteiger partial charge is 0.377 e. The zero-order chi connectivity index (χ0) is 18.7. The first kappa shape index (κ1) is 18.6. The van der Waals surface area contributed by atoms with Gasteiger partial charge in [0.05, 0.1) is 6.04 Å². The number of halogens is 1. The van der Waals surface area contributed by atoms with Crippen molar-refractivity contribution in [2.75, 3.05) is 25.0 Å². The summed E-state index contributed by atoms with van der Waals surface area (Å²) >= 11 is 3.27. The van der Waals surface area contributed by atoms with Crippen LogP contribution in [0.5, 0.6) is 0 Å². The molecule has 1 aromatic carbocycles. The maximum Gasteiger partial charge on any atom is 0.271 e. The van der Waals surface area contributed by atoms with E-state index in [1.165, 1.54) is 6.20 Å². The fraction of sp³-hybridized carbons (Fsp3) is 0.389. The second-order valence-corrected chi connectivity index (χ2v) is 7.06. The Morgan fingerprint density at radius 3 is 2.77 bits per heavy atom. The second-order valence-electron chi connectivity index (χ2n) is 6.25. The highest BCUT2D eigenvalue weighted by atomic mass is 79.9. The molecule has 1 aliphatic heterocycles. The lowest BCUT2D eigenvalue weighted by Gasteiger charge is -2.34. The quantitative estimate of drug-likeness (QED) is 0.690. The Bertz CT molecular complexity index is 836. The Labute approximate surface area is 160 Å². The maximum absolute atomic E-state index is 12.3. The lowest BCUT2D eigenvalue weighted by Crippen LogP contribution is -2.49. The molecule has 0 saturated carbocycles. The number of H-pyrrole nitrogens is 1. The molecule has 2 heterocycles. The minimum atomic E-state index is -0.257. The van der Waals surface area contributed by atoms with Gasteiger partial charge < -0.3 is 15.6 Å². The first-order chi connectivity index (χ1) is 12.5. The number of nitrogens with one attached hydrogen (secondary N) is 3. The van der Waals surface area contributed by atoms with Crippen molar-refractivity contribution in [3.8, 4) is 0 Å². The summed E-state index contributed by atoms with van der Waals surface area (Å²) in [5, 5.41) is 6.20. The number of likely N-dealkylation sites (N-methyl/N-ethyl adjacent to an activating group) is 1. The number of carbonyl (C=O) groups is 1. The van der Waals surface area contributed by atoms with E-state index in [1.807, 2.05) is 31.2 Å². The number of carbonyl (C=O) groups excluding carboxylic acids is 1. The Hall–Kier alpha value is -2.19. The molecule has 0 bridgehead atoms. The smallest absolute Gasteiger partial charge is 0.271 e. The first-order valence-corrected chi connectivity index (χ1v) is 9.42. The predicted molar refractivity (Wildman–Crippen MR) is 104 cm³/mol. The molecule has 1 amide bonds. The van der Waals surface area contributed by atoms with Crippen molar-refractivity contribution in [1.29, 1.82) is 0 Å². The van der Waals surface area contributed by atoms with Crippen molar-refractivity contribution in [1.82, 2.24) is 20.2 Å². The summed E-state index contributed by atoms with van der Waals surface area (Å²) in [6.07, 6.45) is 1.52. The van der Waals surface area contributed by atoms with E-state index in [1.54, 1.807) is 0 Å². The molecule has 3 rings (SSSR count). The lowest BCUT2D eigenvalue weighted by molar-refractivity contribution is -0.129. The summed E-state index contributed by atoms with van der Waals surface area (Å²) < 4.78 is 0.582. The van der Waals surface area contributed by atoms with Crippen LogP contribution in [0, 0.1) is 0 Å². The molecule has 3 N–H and O–H groups in total. The van der Waals surface area contributed by atoms with Gasteiger partial charge in [0.15, 0.2) is 0 Å². The highest BCUT2D eigenvalue weighted by Crippen LogP contribution is 2.25. The van der Waals surface area contributed by atoms with Gasteiger partial charge in [0.25, 0.3) is 5.56 Å². The molecule has 1 fully saturated rings. The van der Waals surface area contributed by atoms with E-state index in [0.717, 1.165) is 24.3 Å². The number of aromatic nitrogens is 2. The van der Waals surface area contributed by atoms with Gasteiger partial charge in [0.1, 0.15) is 16.3 Å². The molecular formula is C18H22BrN5O2. The van der Waals surface area contributed by atoms with Gasteiger partial charge in [-0.2, -0.15) is 0 Å². The van der Waals surface area contributed by atoms with Crippen molar-refractivity contribution in [3.63, 3.8) is 0 Å². The van der Waals surface area contributed by atoms with Crippen molar-refractivity contribution in [3.05, 3.63) is 56.7 Å². The van der Waals surface area contributed by atoms with E-state index in [9.17, 15) is 9.59 Å². The van der Waals surface area contributed by atoms with E-state index in [-0.39, 0.29) is 23.6 Å². The number of benzene rings is 1. The molecule has 0 spiro atoms. The fourth-order valence-electron chi connectivity index (χ4n) is 3.19. The number of piperazine rings is 1. The van der Waals surface area contributed by atoms with Crippen molar-refractivity contribution >= 4 is 27.5 Å². The molecular weight excluding hydrogens is 398 g/mol. The van der Waals surface area contributed by atoms with Crippen LogP contribution in [0.15, 0.2) is 39.9 Å². The molecule has 0 radical (unpaired) electrons. The maximum atomic E-state index is 12.3. The van der Waals surface area contributed by atoms with Gasteiger partial charge in [-0.05, 0) is 47.1 Å². The van der Waals surface area contributed by atoms with Crippen LogP contribution in [0.3, 0.4) is 0 Å². The van der Waals surface area contributed by atoms with Crippen LogP contribution >= 0.6 is 15.9 Å². The molecule has 1 saturated heterocycles. The van der Waals surface area contributed by atoms with Crippen molar-refractivity contribution < 1.29 is 4.79 Å². The Morgan fingerprint density at radius 2 is 2.08 bits per heavy atom. The zero-order valence-corrected chi connectivity index (χ0v) is 16.3. The third-order valence-electron chi connectivity index (χ3n) is 4.52. The summed E-state index contributed by atoms with van der Waals surface area (Å²) in [7, 11) is 0. The molecule has 26 heavy (non-hydrogen) atoms. The van der Waals surface area contributed by atoms with Crippen LogP contribution in [0.2, 0.25) is 0 Å². The molecule has 138 valence electrons. The summed E-state index contributed by atoms with van der Waals surface area (Å²) in [5.41, 5.74) is 2.01. The van der Waals surface area contributed by atoms with Gasteiger partial charge in [0, 0.05) is 25.0 Å². The van der Waals surface area contributed by atoms with Crippen LogP contribution in [0.4, 0.5) is 5.69 Å². The van der Waals surface area contributed by atoms with Crippen molar-refractivity contribution in [2.45, 2.75) is 25.9 Å². The zero-order valence-electron chi connectivity index (χ0n) is 14.8. The molecule has 7 nitrogen and oxygen atoms in total. The van der Waals surface area contributed by atoms with Gasteiger partial charge in [-0.25, -0.2) is 4.98 Å². The van der Waals surface area contributed by atoms with E-state index < -0.39 is 0 Å². The SMILES string of the molecule is CCN1CCNC(=O)C1c1ccc(NC(C)c2nc(Br)c[nH]c2=O)cc1. The predicted octanol–water partition coefficient (Wildman–Crippen LogP) is 2.20. The van der Waals surface area contributed by atoms with Crippen LogP contribution in [-0.2, 0) is 4.79 Å². The minimum Gasteiger partial charge on any atom is -0.377 e. The summed E-state index contributed by atoms with van der Waals surface area (Å²) in [6.45, 7) is 6.30. The fourth-order valence-corrected chi connectivity index (χ4v) is 3.49. The third-order valence-corrected chi connectivity index (χ3v) is 4.93. The molecule has 2 aromatic rings. The molecule has 0 aliphatic carbocycles. The number of amides is 1. The molecule has 1 aromatic heterocycles. The number of anilines is 1. The molecule has 8 heteroatoms. The summed E-state index contributed by atoms with van der Waals surface area (Å²) in [5.74, 6) is 0.0389. The standard InChI is InChI=1S/C18H22BrN5O2/c1-3-24-9-8-20-18(26)16(24)12-4-6-13(7-5-12)22-11(2)15-17(25)21-10-14(19)23-15/h4-7,10-11,16,22H,3,8-9H2,1-2H3,(H,20,26)(H,21,25). The third kappa shape index (κ3) is 3.96. The Balaban J connectivity index is 1.76. The molecule has 2 unspecified atom stereocenters. The topological polar surface area (TPSA) is 90.1 Å². The number of rotatable bonds is 5. The molecule has 2 atom stereocenters. The number of nitrogens with zero attached hydrogens (tertiary/aromatic N) is 2. The van der Waals surface area contributed by atoms with E-state index in [2.05, 4.69) is 48.4 Å².